The third-order valence-electron chi connectivity index (χ3n) is 4.09. The maximum absolute atomic E-state index is 13.1. The van der Waals surface area contributed by atoms with Crippen LogP contribution in [0.2, 0.25) is 0 Å². The van der Waals surface area contributed by atoms with Gasteiger partial charge in [0, 0.05) is 13.1 Å². The number of carbonyl (C=O) groups excluding carboxylic acids is 1. The van der Waals surface area contributed by atoms with Crippen LogP contribution in [-0.4, -0.2) is 42.4 Å². The van der Waals surface area contributed by atoms with Gasteiger partial charge in [-0.15, -0.1) is 12.4 Å². The lowest BCUT2D eigenvalue weighted by atomic mass is 9.93. The van der Waals surface area contributed by atoms with Gasteiger partial charge in [-0.05, 0) is 50.9 Å². The van der Waals surface area contributed by atoms with E-state index in [1.54, 1.807) is 4.90 Å². The molecule has 0 spiro atoms. The molecule has 1 saturated heterocycles. The van der Waals surface area contributed by atoms with E-state index in [1.807, 2.05) is 7.05 Å². The SMILES string of the molecule is CNCCC1CCN(C(=O)c2ccc(F)cc2[N+](=O)[O-])CC1.Cl. The summed E-state index contributed by atoms with van der Waals surface area (Å²) in [6, 6.07) is 3.08. The second-order valence-electron chi connectivity index (χ2n) is 5.55. The average Bonchev–Trinajstić information content (AvgIpc) is 2.52. The molecule has 1 aliphatic rings. The number of benzene rings is 1. The van der Waals surface area contributed by atoms with Crippen LogP contribution in [0.25, 0.3) is 0 Å². The molecule has 1 amide bonds. The van der Waals surface area contributed by atoms with E-state index >= 15 is 0 Å². The Morgan fingerprint density at radius 3 is 2.65 bits per heavy atom. The van der Waals surface area contributed by atoms with Crippen molar-refractivity contribution in [2.75, 3.05) is 26.7 Å². The number of nitrogens with one attached hydrogen (secondary N) is 1. The third kappa shape index (κ3) is 4.87. The van der Waals surface area contributed by atoms with E-state index in [0.29, 0.717) is 19.0 Å². The van der Waals surface area contributed by atoms with Gasteiger partial charge in [-0.3, -0.25) is 14.9 Å². The lowest BCUT2D eigenvalue weighted by Gasteiger charge is -2.32. The van der Waals surface area contributed by atoms with Gasteiger partial charge in [-0.2, -0.15) is 0 Å². The molecule has 8 heteroatoms. The fourth-order valence-electron chi connectivity index (χ4n) is 2.78. The van der Waals surface area contributed by atoms with Crippen LogP contribution in [0.5, 0.6) is 0 Å². The average molecular weight is 346 g/mol. The van der Waals surface area contributed by atoms with Gasteiger partial charge in [-0.1, -0.05) is 0 Å². The molecule has 1 aromatic carbocycles. The van der Waals surface area contributed by atoms with Crippen LogP contribution in [-0.2, 0) is 0 Å². The highest BCUT2D eigenvalue weighted by molar-refractivity contribution is 5.98. The minimum atomic E-state index is -0.714. The van der Waals surface area contributed by atoms with Gasteiger partial charge in [-0.25, -0.2) is 4.39 Å². The first-order chi connectivity index (χ1) is 10.5. The van der Waals surface area contributed by atoms with Crippen molar-refractivity contribution in [1.82, 2.24) is 10.2 Å². The molecule has 128 valence electrons. The molecule has 2 rings (SSSR count). The number of piperidine rings is 1. The van der Waals surface area contributed by atoms with Crippen molar-refractivity contribution in [2.45, 2.75) is 19.3 Å². The minimum absolute atomic E-state index is 0. The van der Waals surface area contributed by atoms with Crippen molar-refractivity contribution in [3.8, 4) is 0 Å². The molecule has 6 nitrogen and oxygen atoms in total. The van der Waals surface area contributed by atoms with Gasteiger partial charge in [0.15, 0.2) is 0 Å². The monoisotopic (exact) mass is 345 g/mol. The molecule has 23 heavy (non-hydrogen) atoms. The molecular formula is C15H21ClFN3O3. The van der Waals surface area contributed by atoms with E-state index in [0.717, 1.165) is 37.9 Å². The zero-order valence-electron chi connectivity index (χ0n) is 13.0. The van der Waals surface area contributed by atoms with Crippen molar-refractivity contribution < 1.29 is 14.1 Å². The number of nitro benzene ring substituents is 1. The molecule has 1 fully saturated rings. The van der Waals surface area contributed by atoms with Crippen molar-refractivity contribution in [3.63, 3.8) is 0 Å². The summed E-state index contributed by atoms with van der Waals surface area (Å²) >= 11 is 0. The van der Waals surface area contributed by atoms with Crippen molar-refractivity contribution in [3.05, 3.63) is 39.7 Å². The Morgan fingerprint density at radius 1 is 1.43 bits per heavy atom. The van der Waals surface area contributed by atoms with Gasteiger partial charge in [0.1, 0.15) is 11.4 Å². The molecular weight excluding hydrogens is 325 g/mol. The van der Waals surface area contributed by atoms with Crippen LogP contribution in [0.15, 0.2) is 18.2 Å². The van der Waals surface area contributed by atoms with E-state index in [4.69, 9.17) is 0 Å². The molecule has 0 radical (unpaired) electrons. The van der Waals surface area contributed by atoms with E-state index in [2.05, 4.69) is 5.32 Å². The summed E-state index contributed by atoms with van der Waals surface area (Å²) in [5.74, 6) is -0.535. The lowest BCUT2D eigenvalue weighted by molar-refractivity contribution is -0.385. The van der Waals surface area contributed by atoms with Gasteiger partial charge >= 0.3 is 0 Å². The predicted octanol–water partition coefficient (Wildman–Crippen LogP) is 2.62. The summed E-state index contributed by atoms with van der Waals surface area (Å²) in [7, 11) is 1.91. The molecule has 0 saturated carbocycles. The van der Waals surface area contributed by atoms with Gasteiger partial charge in [0.25, 0.3) is 11.6 Å². The Kier molecular flexibility index (Phi) is 7.38. The Morgan fingerprint density at radius 2 is 2.09 bits per heavy atom. The van der Waals surface area contributed by atoms with Crippen LogP contribution in [0.3, 0.4) is 0 Å². The molecule has 1 N–H and O–H groups in total. The Bertz CT molecular complexity index is 563. The number of hydrogen-bond acceptors (Lipinski definition) is 4. The molecule has 0 atom stereocenters. The van der Waals surface area contributed by atoms with Crippen LogP contribution in [0.1, 0.15) is 29.6 Å². The van der Waals surface area contributed by atoms with Crippen LogP contribution in [0.4, 0.5) is 10.1 Å². The first-order valence-electron chi connectivity index (χ1n) is 7.40. The number of amides is 1. The van der Waals surface area contributed by atoms with E-state index < -0.39 is 22.3 Å². The van der Waals surface area contributed by atoms with Crippen molar-refractivity contribution in [2.24, 2.45) is 5.92 Å². The molecule has 0 unspecified atom stereocenters. The second kappa shape index (κ2) is 8.79. The van der Waals surface area contributed by atoms with E-state index in [-0.39, 0.29) is 18.0 Å². The van der Waals surface area contributed by atoms with Gasteiger partial charge in [0.05, 0.1) is 11.0 Å². The first-order valence-corrected chi connectivity index (χ1v) is 7.40. The number of rotatable bonds is 5. The van der Waals surface area contributed by atoms with Crippen LogP contribution >= 0.6 is 12.4 Å². The molecule has 0 aliphatic carbocycles. The first kappa shape index (κ1) is 19.3. The lowest BCUT2D eigenvalue weighted by Crippen LogP contribution is -2.39. The largest absolute Gasteiger partial charge is 0.338 e. The molecule has 1 aromatic rings. The molecule has 1 heterocycles. The van der Waals surface area contributed by atoms with Crippen LogP contribution in [0, 0.1) is 21.8 Å². The number of halogens is 2. The summed E-state index contributed by atoms with van der Waals surface area (Å²) in [6.45, 7) is 2.12. The zero-order chi connectivity index (χ0) is 16.1. The number of carbonyl (C=O) groups is 1. The Hall–Kier alpha value is -1.73. The maximum atomic E-state index is 13.1. The topological polar surface area (TPSA) is 75.5 Å². The summed E-state index contributed by atoms with van der Waals surface area (Å²) in [5, 5.41) is 14.1. The van der Waals surface area contributed by atoms with E-state index in [9.17, 15) is 19.3 Å². The summed E-state index contributed by atoms with van der Waals surface area (Å²) in [6.07, 6.45) is 2.85. The number of hydrogen-bond donors (Lipinski definition) is 1. The molecule has 0 bridgehead atoms. The fraction of sp³-hybridized carbons (Fsp3) is 0.533. The van der Waals surface area contributed by atoms with Crippen LogP contribution < -0.4 is 5.32 Å². The highest BCUT2D eigenvalue weighted by atomic mass is 35.5. The van der Waals surface area contributed by atoms with Crippen molar-refractivity contribution >= 4 is 24.0 Å². The van der Waals surface area contributed by atoms with Gasteiger partial charge in [0.2, 0.25) is 0 Å². The summed E-state index contributed by atoms with van der Waals surface area (Å²) in [5.41, 5.74) is -0.512. The minimum Gasteiger partial charge on any atom is -0.338 e. The summed E-state index contributed by atoms with van der Waals surface area (Å²) in [4.78, 5) is 24.3. The van der Waals surface area contributed by atoms with E-state index in [1.165, 1.54) is 6.07 Å². The summed E-state index contributed by atoms with van der Waals surface area (Å²) < 4.78 is 13.1. The Balaban J connectivity index is 0.00000264. The predicted molar refractivity (Wildman–Crippen MR) is 87.5 cm³/mol. The fourth-order valence-corrected chi connectivity index (χ4v) is 2.78. The molecule has 0 aromatic heterocycles. The number of nitrogens with zero attached hydrogens (tertiary/aromatic N) is 2. The number of likely N-dealkylation sites (tertiary alicyclic amines) is 1. The smallest absolute Gasteiger partial charge is 0.285 e. The highest BCUT2D eigenvalue weighted by Gasteiger charge is 2.28. The second-order valence-corrected chi connectivity index (χ2v) is 5.55. The molecule has 1 aliphatic heterocycles. The zero-order valence-corrected chi connectivity index (χ0v) is 13.8. The Labute approximate surface area is 140 Å². The standard InChI is InChI=1S/C15H20FN3O3.ClH/c1-17-7-4-11-5-8-18(9-6-11)15(20)13-3-2-12(16)10-14(13)19(21)22;/h2-3,10-11,17H,4-9H2,1H3;1H. The number of nitro groups is 1. The van der Waals surface area contributed by atoms with Gasteiger partial charge < -0.3 is 10.2 Å². The quantitative estimate of drug-likeness (QED) is 0.657. The highest BCUT2D eigenvalue weighted by Crippen LogP contribution is 2.25. The normalized spacial score (nSPS) is 15.1. The maximum Gasteiger partial charge on any atom is 0.285 e. The third-order valence-corrected chi connectivity index (χ3v) is 4.09. The van der Waals surface area contributed by atoms with Crippen molar-refractivity contribution in [1.29, 1.82) is 0 Å².